The van der Waals surface area contributed by atoms with E-state index in [2.05, 4.69) is 57.9 Å². The summed E-state index contributed by atoms with van der Waals surface area (Å²) < 4.78 is 5.28. The normalized spacial score (nSPS) is 18.1. The first-order chi connectivity index (χ1) is 11.6. The van der Waals surface area contributed by atoms with Crippen molar-refractivity contribution in [3.8, 4) is 0 Å². The van der Waals surface area contributed by atoms with Crippen LogP contribution in [0, 0.1) is 0 Å². The Morgan fingerprint density at radius 2 is 2.12 bits per heavy atom. The summed E-state index contributed by atoms with van der Waals surface area (Å²) in [5.41, 5.74) is 0. The summed E-state index contributed by atoms with van der Waals surface area (Å²) in [7, 11) is 1.84. The van der Waals surface area contributed by atoms with Crippen LogP contribution < -0.4 is 5.32 Å². The summed E-state index contributed by atoms with van der Waals surface area (Å²) in [4.78, 5) is 13.7. The van der Waals surface area contributed by atoms with Gasteiger partial charge in [0, 0.05) is 45.1 Å². The van der Waals surface area contributed by atoms with Crippen molar-refractivity contribution in [3.05, 3.63) is 11.7 Å². The van der Waals surface area contributed by atoms with Gasteiger partial charge in [0.15, 0.2) is 11.8 Å². The molecule has 0 bridgehead atoms. The molecular weight excluding hydrogens is 431 g/mol. The van der Waals surface area contributed by atoms with Crippen molar-refractivity contribution in [1.29, 1.82) is 0 Å². The Kier molecular flexibility index (Phi) is 9.70. The van der Waals surface area contributed by atoms with Crippen LogP contribution in [0.5, 0.6) is 0 Å². The average molecular weight is 464 g/mol. The van der Waals surface area contributed by atoms with Crippen LogP contribution in [0.25, 0.3) is 0 Å². The zero-order valence-electron chi connectivity index (χ0n) is 16.2. The van der Waals surface area contributed by atoms with Gasteiger partial charge in [-0.15, -0.1) is 24.0 Å². The highest BCUT2D eigenvalue weighted by atomic mass is 127. The number of nitrogens with one attached hydrogen (secondary N) is 1. The molecule has 7 nitrogen and oxygen atoms in total. The molecule has 0 aliphatic carbocycles. The van der Waals surface area contributed by atoms with E-state index in [4.69, 9.17) is 4.52 Å². The molecule has 1 aliphatic heterocycles. The van der Waals surface area contributed by atoms with Crippen LogP contribution in [-0.2, 0) is 6.42 Å². The molecule has 0 amide bonds. The molecule has 25 heavy (non-hydrogen) atoms. The Morgan fingerprint density at radius 3 is 2.68 bits per heavy atom. The minimum Gasteiger partial charge on any atom is -0.356 e. The maximum absolute atomic E-state index is 5.28. The summed E-state index contributed by atoms with van der Waals surface area (Å²) in [5.74, 6) is 2.72. The van der Waals surface area contributed by atoms with Gasteiger partial charge in [-0.2, -0.15) is 4.98 Å². The van der Waals surface area contributed by atoms with Crippen molar-refractivity contribution < 1.29 is 4.52 Å². The van der Waals surface area contributed by atoms with Crippen LogP contribution in [0.4, 0.5) is 0 Å². The van der Waals surface area contributed by atoms with Crippen molar-refractivity contribution >= 4 is 29.9 Å². The Hall–Kier alpha value is -0.900. The molecule has 8 heteroatoms. The highest BCUT2D eigenvalue weighted by molar-refractivity contribution is 14.0. The second-order valence-electron chi connectivity index (χ2n) is 6.53. The van der Waals surface area contributed by atoms with Gasteiger partial charge in [-0.05, 0) is 19.5 Å². The number of nitrogens with zero attached hydrogens (tertiary/aromatic N) is 5. The molecule has 1 aliphatic rings. The molecule has 1 aromatic rings. The standard InChI is InChI=1S/C17H32N6O.HI/c1-6-22(7-2)14-9-11-23(12-14)17(18-5)19-10-8-15-20-16(13(3)4)21-24-15;/h13-14H,6-12H2,1-5H3,(H,18,19);1H. The fourth-order valence-electron chi connectivity index (χ4n) is 3.19. The Labute approximate surface area is 168 Å². The fourth-order valence-corrected chi connectivity index (χ4v) is 3.19. The van der Waals surface area contributed by atoms with Crippen LogP contribution >= 0.6 is 24.0 Å². The number of hydrogen-bond acceptors (Lipinski definition) is 5. The summed E-state index contributed by atoms with van der Waals surface area (Å²) in [6.45, 7) is 13.6. The number of likely N-dealkylation sites (tertiary alicyclic amines) is 1. The predicted molar refractivity (Wildman–Crippen MR) is 112 cm³/mol. The van der Waals surface area contributed by atoms with E-state index in [9.17, 15) is 0 Å². The quantitative estimate of drug-likeness (QED) is 0.380. The molecule has 0 saturated carbocycles. The summed E-state index contributed by atoms with van der Waals surface area (Å²) in [6.07, 6.45) is 1.91. The lowest BCUT2D eigenvalue weighted by Crippen LogP contribution is -2.43. The molecular formula is C17H33IN6O. The number of hydrogen-bond donors (Lipinski definition) is 1. The third-order valence-electron chi connectivity index (χ3n) is 4.63. The van der Waals surface area contributed by atoms with E-state index in [0.29, 0.717) is 24.3 Å². The predicted octanol–water partition coefficient (Wildman–Crippen LogP) is 2.35. The molecule has 1 atom stereocenters. The minimum atomic E-state index is 0. The number of aromatic nitrogens is 2. The van der Waals surface area contributed by atoms with Gasteiger partial charge in [0.25, 0.3) is 0 Å². The van der Waals surface area contributed by atoms with Gasteiger partial charge in [-0.1, -0.05) is 32.9 Å². The molecule has 2 rings (SSSR count). The van der Waals surface area contributed by atoms with Gasteiger partial charge in [-0.25, -0.2) is 0 Å². The van der Waals surface area contributed by atoms with E-state index in [0.717, 1.165) is 44.5 Å². The van der Waals surface area contributed by atoms with Crippen LogP contribution in [0.3, 0.4) is 0 Å². The first-order valence-electron chi connectivity index (χ1n) is 9.11. The Bertz CT molecular complexity index is 529. The molecule has 0 aromatic carbocycles. The SMILES string of the molecule is CCN(CC)C1CCN(C(=NC)NCCc2nc(C(C)C)no2)C1.I. The number of halogens is 1. The molecule has 144 valence electrons. The first kappa shape index (κ1) is 22.1. The number of rotatable bonds is 7. The second-order valence-corrected chi connectivity index (χ2v) is 6.53. The minimum absolute atomic E-state index is 0. The third-order valence-corrected chi connectivity index (χ3v) is 4.63. The highest BCUT2D eigenvalue weighted by Crippen LogP contribution is 2.15. The van der Waals surface area contributed by atoms with Crippen LogP contribution in [-0.4, -0.2) is 71.7 Å². The molecule has 1 fully saturated rings. The van der Waals surface area contributed by atoms with Crippen LogP contribution in [0.1, 0.15) is 51.7 Å². The van der Waals surface area contributed by atoms with E-state index >= 15 is 0 Å². The third kappa shape index (κ3) is 6.09. The maximum Gasteiger partial charge on any atom is 0.228 e. The molecule has 1 saturated heterocycles. The summed E-state index contributed by atoms with van der Waals surface area (Å²) >= 11 is 0. The van der Waals surface area contributed by atoms with E-state index in [1.54, 1.807) is 0 Å². The molecule has 2 heterocycles. The largest absolute Gasteiger partial charge is 0.356 e. The van der Waals surface area contributed by atoms with Gasteiger partial charge in [0.05, 0.1) is 0 Å². The van der Waals surface area contributed by atoms with E-state index in [1.807, 2.05) is 7.05 Å². The Morgan fingerprint density at radius 1 is 1.40 bits per heavy atom. The van der Waals surface area contributed by atoms with Gasteiger partial charge in [0.1, 0.15) is 0 Å². The molecule has 1 N–H and O–H groups in total. The van der Waals surface area contributed by atoms with Crippen molar-refractivity contribution in [2.45, 2.75) is 52.5 Å². The number of guanidine groups is 1. The van der Waals surface area contributed by atoms with Crippen molar-refractivity contribution in [2.75, 3.05) is 39.8 Å². The maximum atomic E-state index is 5.28. The topological polar surface area (TPSA) is 69.8 Å². The summed E-state index contributed by atoms with van der Waals surface area (Å²) in [6, 6.07) is 0.628. The average Bonchev–Trinajstić information content (AvgIpc) is 3.22. The zero-order chi connectivity index (χ0) is 17.5. The second kappa shape index (κ2) is 10.9. The number of aliphatic imine (C=N–C) groups is 1. The van der Waals surface area contributed by atoms with Gasteiger partial charge in [0.2, 0.25) is 5.89 Å². The van der Waals surface area contributed by atoms with E-state index in [-0.39, 0.29) is 24.0 Å². The van der Waals surface area contributed by atoms with E-state index < -0.39 is 0 Å². The Balaban J connectivity index is 0.00000312. The lowest BCUT2D eigenvalue weighted by Gasteiger charge is -2.27. The van der Waals surface area contributed by atoms with Crippen molar-refractivity contribution in [3.63, 3.8) is 0 Å². The smallest absolute Gasteiger partial charge is 0.228 e. The lowest BCUT2D eigenvalue weighted by atomic mass is 10.2. The molecule has 1 aromatic heterocycles. The molecule has 1 unspecified atom stereocenters. The van der Waals surface area contributed by atoms with Crippen molar-refractivity contribution in [1.82, 2.24) is 25.3 Å². The van der Waals surface area contributed by atoms with E-state index in [1.165, 1.54) is 6.42 Å². The van der Waals surface area contributed by atoms with Gasteiger partial charge >= 0.3 is 0 Å². The first-order valence-corrected chi connectivity index (χ1v) is 9.11. The number of likely N-dealkylation sites (N-methyl/N-ethyl adjacent to an activating group) is 1. The van der Waals surface area contributed by atoms with Gasteiger partial charge < -0.3 is 14.7 Å². The van der Waals surface area contributed by atoms with Crippen molar-refractivity contribution in [2.24, 2.45) is 4.99 Å². The summed E-state index contributed by atoms with van der Waals surface area (Å²) in [5, 5.41) is 7.42. The zero-order valence-corrected chi connectivity index (χ0v) is 18.5. The highest BCUT2D eigenvalue weighted by Gasteiger charge is 2.27. The molecule has 0 radical (unpaired) electrons. The van der Waals surface area contributed by atoms with Crippen LogP contribution in [0.15, 0.2) is 9.52 Å². The lowest BCUT2D eigenvalue weighted by molar-refractivity contribution is 0.223. The van der Waals surface area contributed by atoms with Crippen LogP contribution in [0.2, 0.25) is 0 Å². The monoisotopic (exact) mass is 464 g/mol. The fraction of sp³-hybridized carbons (Fsp3) is 0.824. The molecule has 0 spiro atoms. The van der Waals surface area contributed by atoms with Gasteiger partial charge in [-0.3, -0.25) is 9.89 Å².